The van der Waals surface area contributed by atoms with Crippen LogP contribution in [0.5, 0.6) is 0 Å². The smallest absolute Gasteiger partial charge is 0.0391 e. The Morgan fingerprint density at radius 1 is 1.41 bits per heavy atom. The molecule has 0 atom stereocenters. The van der Waals surface area contributed by atoms with Crippen LogP contribution in [0.3, 0.4) is 0 Å². The Hall–Kier alpha value is -1.66. The van der Waals surface area contributed by atoms with E-state index in [1.165, 1.54) is 11.3 Å². The van der Waals surface area contributed by atoms with Crippen LogP contribution in [0.25, 0.3) is 0 Å². The summed E-state index contributed by atoms with van der Waals surface area (Å²) < 4.78 is 0. The minimum Gasteiger partial charge on any atom is -0.398 e. The molecule has 0 spiro atoms. The number of rotatable bonds is 2. The average molecular weight is 229 g/mol. The van der Waals surface area contributed by atoms with Crippen LogP contribution in [0.1, 0.15) is 11.1 Å². The predicted molar refractivity (Wildman–Crippen MR) is 73.2 cm³/mol. The zero-order valence-corrected chi connectivity index (χ0v) is 10.3. The average Bonchev–Trinajstić information content (AvgIpc) is 2.36. The summed E-state index contributed by atoms with van der Waals surface area (Å²) in [5.41, 5.74) is 10.4. The van der Waals surface area contributed by atoms with Gasteiger partial charge in [-0.1, -0.05) is 0 Å². The van der Waals surface area contributed by atoms with Crippen molar-refractivity contribution in [3.8, 4) is 12.3 Å². The lowest BCUT2D eigenvalue weighted by molar-refractivity contribution is 0.589. The largest absolute Gasteiger partial charge is 0.398 e. The van der Waals surface area contributed by atoms with Crippen molar-refractivity contribution in [2.75, 3.05) is 36.8 Å². The highest BCUT2D eigenvalue weighted by Gasteiger charge is 2.13. The number of anilines is 2. The molecule has 1 aromatic rings. The number of nitrogens with two attached hydrogens (primary N) is 1. The molecule has 2 rings (SSSR count). The van der Waals surface area contributed by atoms with Gasteiger partial charge in [0.05, 0.1) is 0 Å². The third-order valence-electron chi connectivity index (χ3n) is 3.31. The molecule has 1 saturated heterocycles. The number of benzene rings is 1. The number of hydrogen-bond acceptors (Lipinski definition) is 3. The lowest BCUT2D eigenvalue weighted by Crippen LogP contribution is -2.43. The normalized spacial score (nSPS) is 15.6. The van der Waals surface area contributed by atoms with Crippen LogP contribution in [-0.4, -0.2) is 26.2 Å². The van der Waals surface area contributed by atoms with Crippen LogP contribution in [0.15, 0.2) is 12.1 Å². The molecule has 3 N–H and O–H groups in total. The standard InChI is InChI=1S/C14H19N3/c1-3-4-12-9-13(10-14(15)11(12)2)17-7-5-16-6-8-17/h1,9-10,16H,4-8,15H2,2H3. The first-order valence-corrected chi connectivity index (χ1v) is 6.00. The molecule has 3 heteroatoms. The summed E-state index contributed by atoms with van der Waals surface area (Å²) >= 11 is 0. The van der Waals surface area contributed by atoms with E-state index in [0.29, 0.717) is 6.42 Å². The summed E-state index contributed by atoms with van der Waals surface area (Å²) in [6.07, 6.45) is 6.04. The molecule has 0 bridgehead atoms. The van der Waals surface area contributed by atoms with Crippen molar-refractivity contribution in [1.82, 2.24) is 5.32 Å². The van der Waals surface area contributed by atoms with Crippen molar-refractivity contribution in [1.29, 1.82) is 0 Å². The monoisotopic (exact) mass is 229 g/mol. The van der Waals surface area contributed by atoms with E-state index in [0.717, 1.165) is 37.4 Å². The topological polar surface area (TPSA) is 41.3 Å². The number of nitrogens with zero attached hydrogens (tertiary/aromatic N) is 1. The maximum absolute atomic E-state index is 6.05. The van der Waals surface area contributed by atoms with E-state index >= 15 is 0 Å². The molecule has 90 valence electrons. The molecule has 1 aromatic carbocycles. The molecule has 0 aromatic heterocycles. The molecule has 0 unspecified atom stereocenters. The van der Waals surface area contributed by atoms with Crippen molar-refractivity contribution < 1.29 is 0 Å². The molecule has 17 heavy (non-hydrogen) atoms. The lowest BCUT2D eigenvalue weighted by Gasteiger charge is -2.30. The Morgan fingerprint density at radius 2 is 2.12 bits per heavy atom. The maximum atomic E-state index is 6.05. The minimum atomic E-state index is 0.649. The Kier molecular flexibility index (Phi) is 3.55. The van der Waals surface area contributed by atoms with Crippen molar-refractivity contribution >= 4 is 11.4 Å². The Labute approximate surface area is 103 Å². The van der Waals surface area contributed by atoms with Gasteiger partial charge < -0.3 is 16.0 Å². The van der Waals surface area contributed by atoms with Gasteiger partial charge >= 0.3 is 0 Å². The summed E-state index contributed by atoms with van der Waals surface area (Å²) in [5, 5.41) is 3.34. The first kappa shape index (κ1) is 11.8. The molecule has 1 aliphatic heterocycles. The predicted octanol–water partition coefficient (Wildman–Crippen LogP) is 1.16. The first-order chi connectivity index (χ1) is 8.22. The van der Waals surface area contributed by atoms with Crippen molar-refractivity contribution in [2.24, 2.45) is 0 Å². The van der Waals surface area contributed by atoms with Gasteiger partial charge in [-0.2, -0.15) is 0 Å². The van der Waals surface area contributed by atoms with Crippen LogP contribution in [0, 0.1) is 19.3 Å². The second-order valence-corrected chi connectivity index (χ2v) is 4.44. The summed E-state index contributed by atoms with van der Waals surface area (Å²) in [4.78, 5) is 2.35. The van der Waals surface area contributed by atoms with Gasteiger partial charge in [0.1, 0.15) is 0 Å². The first-order valence-electron chi connectivity index (χ1n) is 6.00. The summed E-state index contributed by atoms with van der Waals surface area (Å²) in [6, 6.07) is 4.23. The van der Waals surface area contributed by atoms with E-state index in [1.807, 2.05) is 6.92 Å². The molecule has 1 aliphatic rings. The Morgan fingerprint density at radius 3 is 2.76 bits per heavy atom. The van der Waals surface area contributed by atoms with Crippen LogP contribution >= 0.6 is 0 Å². The quantitative estimate of drug-likeness (QED) is 0.591. The maximum Gasteiger partial charge on any atom is 0.0391 e. The molecule has 0 radical (unpaired) electrons. The molecule has 0 amide bonds. The third-order valence-corrected chi connectivity index (χ3v) is 3.31. The Balaban J connectivity index is 2.31. The van der Waals surface area contributed by atoms with E-state index < -0.39 is 0 Å². The highest BCUT2D eigenvalue weighted by atomic mass is 15.2. The van der Waals surface area contributed by atoms with Crippen molar-refractivity contribution in [3.05, 3.63) is 23.3 Å². The molecule has 0 aliphatic carbocycles. The molecular formula is C14H19N3. The highest BCUT2D eigenvalue weighted by molar-refractivity contribution is 5.63. The lowest BCUT2D eigenvalue weighted by atomic mass is 10.0. The third kappa shape index (κ3) is 2.54. The summed E-state index contributed by atoms with van der Waals surface area (Å²) in [5.74, 6) is 2.70. The van der Waals surface area contributed by atoms with E-state index in [4.69, 9.17) is 12.2 Å². The van der Waals surface area contributed by atoms with Crippen LogP contribution in [-0.2, 0) is 6.42 Å². The molecular weight excluding hydrogens is 210 g/mol. The molecule has 0 saturated carbocycles. The van der Waals surface area contributed by atoms with E-state index in [9.17, 15) is 0 Å². The van der Waals surface area contributed by atoms with Gasteiger partial charge in [-0.05, 0) is 30.2 Å². The van der Waals surface area contributed by atoms with Crippen LogP contribution in [0.4, 0.5) is 11.4 Å². The van der Waals surface area contributed by atoms with Gasteiger partial charge in [0, 0.05) is 44.0 Å². The number of hydrogen-bond donors (Lipinski definition) is 2. The number of terminal acetylenes is 1. The van der Waals surface area contributed by atoms with Gasteiger partial charge in [-0.15, -0.1) is 12.3 Å². The SMILES string of the molecule is C#CCc1cc(N2CCNCC2)cc(N)c1C. The summed E-state index contributed by atoms with van der Waals surface area (Å²) in [7, 11) is 0. The fourth-order valence-electron chi connectivity index (χ4n) is 2.18. The number of nitrogens with one attached hydrogen (secondary N) is 1. The fourth-order valence-corrected chi connectivity index (χ4v) is 2.18. The fraction of sp³-hybridized carbons (Fsp3) is 0.429. The highest BCUT2D eigenvalue weighted by Crippen LogP contribution is 2.25. The number of nitrogen functional groups attached to an aromatic ring is 1. The van der Waals surface area contributed by atoms with Crippen molar-refractivity contribution in [2.45, 2.75) is 13.3 Å². The van der Waals surface area contributed by atoms with Crippen LogP contribution < -0.4 is 16.0 Å². The molecule has 1 heterocycles. The second kappa shape index (κ2) is 5.11. The zero-order chi connectivity index (χ0) is 12.3. The van der Waals surface area contributed by atoms with Crippen molar-refractivity contribution in [3.63, 3.8) is 0 Å². The van der Waals surface area contributed by atoms with E-state index in [1.54, 1.807) is 0 Å². The molecule has 1 fully saturated rings. The van der Waals surface area contributed by atoms with Gasteiger partial charge in [0.25, 0.3) is 0 Å². The second-order valence-electron chi connectivity index (χ2n) is 4.44. The Bertz CT molecular complexity index is 440. The zero-order valence-electron chi connectivity index (χ0n) is 10.3. The minimum absolute atomic E-state index is 0.649. The summed E-state index contributed by atoms with van der Waals surface area (Å²) in [6.45, 7) is 6.13. The van der Waals surface area contributed by atoms with Gasteiger partial charge in [-0.25, -0.2) is 0 Å². The van der Waals surface area contributed by atoms with E-state index in [2.05, 4.69) is 28.3 Å². The molecule has 3 nitrogen and oxygen atoms in total. The van der Waals surface area contributed by atoms with E-state index in [-0.39, 0.29) is 0 Å². The van der Waals surface area contributed by atoms with Gasteiger partial charge in [0.15, 0.2) is 0 Å². The number of piperazine rings is 1. The van der Waals surface area contributed by atoms with Gasteiger partial charge in [0.2, 0.25) is 0 Å². The van der Waals surface area contributed by atoms with Gasteiger partial charge in [-0.3, -0.25) is 0 Å². The van der Waals surface area contributed by atoms with Crippen LogP contribution in [0.2, 0.25) is 0 Å².